The fraction of sp³-hybridized carbons (Fsp3) is 0.280. The molecule has 9 nitrogen and oxygen atoms in total. The maximum absolute atomic E-state index is 14.6. The number of aromatic nitrogens is 2. The number of carbonyl (C=O) groups is 2. The molecule has 11 heteroatoms. The molecule has 0 N–H and O–H groups in total. The summed E-state index contributed by atoms with van der Waals surface area (Å²) in [6.07, 6.45) is -1.75. The third-order valence-corrected chi connectivity index (χ3v) is 5.87. The van der Waals surface area contributed by atoms with Gasteiger partial charge in [-0.1, -0.05) is 41.9 Å². The summed E-state index contributed by atoms with van der Waals surface area (Å²) in [6, 6.07) is 14.6. The minimum Gasteiger partial charge on any atom is -0.463 e. The Morgan fingerprint density at radius 2 is 1.81 bits per heavy atom. The first-order chi connectivity index (χ1) is 17.2. The van der Waals surface area contributed by atoms with Gasteiger partial charge in [0.15, 0.2) is 0 Å². The zero-order valence-corrected chi connectivity index (χ0v) is 19.9. The lowest BCUT2D eigenvalue weighted by Gasteiger charge is -2.19. The van der Waals surface area contributed by atoms with Gasteiger partial charge in [0.05, 0.1) is 18.9 Å². The van der Waals surface area contributed by atoms with Gasteiger partial charge >= 0.3 is 11.7 Å². The molecule has 0 spiro atoms. The molecule has 0 bridgehead atoms. The van der Waals surface area contributed by atoms with Crippen LogP contribution in [0.2, 0.25) is 5.02 Å². The number of ether oxygens (including phenoxy) is 3. The van der Waals surface area contributed by atoms with E-state index in [-0.39, 0.29) is 29.8 Å². The van der Waals surface area contributed by atoms with Crippen LogP contribution in [0.15, 0.2) is 70.4 Å². The van der Waals surface area contributed by atoms with E-state index < -0.39 is 47.4 Å². The van der Waals surface area contributed by atoms with Crippen molar-refractivity contribution in [2.24, 2.45) is 0 Å². The first kappa shape index (κ1) is 25.5. The highest BCUT2D eigenvalue weighted by Crippen LogP contribution is 2.31. The Labute approximate surface area is 209 Å². The van der Waals surface area contributed by atoms with Crippen LogP contribution >= 0.6 is 11.6 Å². The lowest BCUT2D eigenvalue weighted by molar-refractivity contribution is -0.148. The molecule has 36 heavy (non-hydrogen) atoms. The van der Waals surface area contributed by atoms with Crippen LogP contribution in [0, 0.1) is 5.82 Å². The molecule has 0 unspecified atom stereocenters. The molecule has 0 saturated carbocycles. The van der Waals surface area contributed by atoms with E-state index >= 15 is 0 Å². The van der Waals surface area contributed by atoms with Gasteiger partial charge in [0, 0.05) is 23.9 Å². The van der Waals surface area contributed by atoms with Gasteiger partial charge in [-0.25, -0.2) is 4.79 Å². The predicted molar refractivity (Wildman–Crippen MR) is 126 cm³/mol. The van der Waals surface area contributed by atoms with Gasteiger partial charge in [-0.2, -0.15) is 8.96 Å². The van der Waals surface area contributed by atoms with Gasteiger partial charge in [-0.15, -0.1) is 0 Å². The highest BCUT2D eigenvalue weighted by molar-refractivity contribution is 6.30. The van der Waals surface area contributed by atoms with Gasteiger partial charge < -0.3 is 14.2 Å². The van der Waals surface area contributed by atoms with E-state index in [0.29, 0.717) is 11.2 Å². The van der Waals surface area contributed by atoms with Crippen molar-refractivity contribution < 1.29 is 28.2 Å². The summed E-state index contributed by atoms with van der Waals surface area (Å²) < 4.78 is 32.6. The molecule has 2 heterocycles. The number of hydrogen-bond donors (Lipinski definition) is 0. The summed E-state index contributed by atoms with van der Waals surface area (Å²) in [6.45, 7) is 1.24. The van der Waals surface area contributed by atoms with E-state index in [1.54, 1.807) is 42.5 Å². The second-order valence-corrected chi connectivity index (χ2v) is 8.56. The van der Waals surface area contributed by atoms with Crippen molar-refractivity contribution in [2.45, 2.75) is 38.4 Å². The van der Waals surface area contributed by atoms with Gasteiger partial charge in [0.2, 0.25) is 5.82 Å². The molecule has 4 rings (SSSR count). The second-order valence-electron chi connectivity index (χ2n) is 8.12. The number of nitrogens with zero attached hydrogens (tertiary/aromatic N) is 2. The number of carbonyl (C=O) groups excluding carboxylic acids is 2. The summed E-state index contributed by atoms with van der Waals surface area (Å²) in [4.78, 5) is 49.7. The van der Waals surface area contributed by atoms with Crippen LogP contribution in [0.1, 0.15) is 35.5 Å². The molecule has 0 aliphatic carbocycles. The average Bonchev–Trinajstić information content (AvgIpc) is 3.28. The van der Waals surface area contributed by atoms with Gasteiger partial charge in [-0.3, -0.25) is 19.0 Å². The fourth-order valence-electron chi connectivity index (χ4n) is 3.82. The Morgan fingerprint density at radius 3 is 2.47 bits per heavy atom. The van der Waals surface area contributed by atoms with Crippen molar-refractivity contribution in [3.8, 4) is 0 Å². The molecule has 1 aliphatic heterocycles. The van der Waals surface area contributed by atoms with Gasteiger partial charge in [0.25, 0.3) is 11.5 Å². The van der Waals surface area contributed by atoms with E-state index in [1.807, 2.05) is 0 Å². The van der Waals surface area contributed by atoms with E-state index in [4.69, 9.17) is 25.8 Å². The van der Waals surface area contributed by atoms with E-state index in [9.17, 15) is 23.6 Å². The Bertz CT molecular complexity index is 1370. The number of benzene rings is 2. The number of hydrogen-bond acceptors (Lipinski definition) is 7. The molecule has 1 aromatic heterocycles. The van der Waals surface area contributed by atoms with Crippen LogP contribution in [0.3, 0.4) is 0 Å². The Balaban J connectivity index is 1.62. The monoisotopic (exact) mass is 516 g/mol. The smallest absolute Gasteiger partial charge is 0.340 e. The normalized spacial score (nSPS) is 19.2. The fourth-order valence-corrected chi connectivity index (χ4v) is 3.94. The van der Waals surface area contributed by atoms with Crippen LogP contribution in [-0.2, 0) is 25.6 Å². The molecule has 3 aromatic rings. The second kappa shape index (κ2) is 11.0. The molecule has 1 aliphatic rings. The maximum atomic E-state index is 14.6. The van der Waals surface area contributed by atoms with E-state index in [0.717, 1.165) is 10.1 Å². The summed E-state index contributed by atoms with van der Waals surface area (Å²) >= 11 is 5.91. The van der Waals surface area contributed by atoms with Crippen molar-refractivity contribution >= 4 is 23.5 Å². The first-order valence-corrected chi connectivity index (χ1v) is 11.4. The lowest BCUT2D eigenvalue weighted by Crippen LogP contribution is -2.46. The number of esters is 1. The van der Waals surface area contributed by atoms with Gasteiger partial charge in [0.1, 0.15) is 18.9 Å². The molecule has 0 radical (unpaired) electrons. The highest BCUT2D eigenvalue weighted by atomic mass is 35.5. The van der Waals surface area contributed by atoms with Crippen LogP contribution in [-0.4, -0.2) is 39.8 Å². The zero-order chi connectivity index (χ0) is 25.8. The minimum atomic E-state index is -1.37. The van der Waals surface area contributed by atoms with Crippen LogP contribution in [0.5, 0.6) is 0 Å². The average molecular weight is 517 g/mol. The minimum absolute atomic E-state index is 0.0399. The number of halogens is 2. The van der Waals surface area contributed by atoms with Crippen molar-refractivity contribution in [3.63, 3.8) is 0 Å². The summed E-state index contributed by atoms with van der Waals surface area (Å²) in [5.41, 5.74) is -1.57. The number of rotatable bonds is 7. The van der Waals surface area contributed by atoms with Crippen LogP contribution in [0.25, 0.3) is 0 Å². The van der Waals surface area contributed by atoms with Crippen molar-refractivity contribution in [1.82, 2.24) is 9.13 Å². The lowest BCUT2D eigenvalue weighted by atomic mass is 10.1. The molecule has 0 amide bonds. The Hall–Kier alpha value is -3.60. The summed E-state index contributed by atoms with van der Waals surface area (Å²) in [5.74, 6) is -2.81. The van der Waals surface area contributed by atoms with Crippen molar-refractivity contribution in [2.75, 3.05) is 6.61 Å². The Kier molecular flexibility index (Phi) is 7.78. The topological polar surface area (TPSA) is 106 Å². The van der Waals surface area contributed by atoms with E-state index in [2.05, 4.69) is 0 Å². The highest BCUT2D eigenvalue weighted by Gasteiger charge is 2.39. The first-order valence-electron chi connectivity index (χ1n) is 11.0. The predicted octanol–water partition coefficient (Wildman–Crippen LogP) is 2.93. The third-order valence-electron chi connectivity index (χ3n) is 5.61. The molecule has 188 valence electrons. The zero-order valence-electron chi connectivity index (χ0n) is 19.1. The SMILES string of the molecule is CC(=O)OC[C@H]1O[C@@H](n2cc(F)c(=O)n(C(=O)c3ccccc3)c2=O)C[C@@H]1OCc1ccc(Cl)cc1. The Morgan fingerprint density at radius 1 is 1.11 bits per heavy atom. The third kappa shape index (κ3) is 5.62. The molecule has 3 atom stereocenters. The molecule has 1 fully saturated rings. The van der Waals surface area contributed by atoms with E-state index in [1.165, 1.54) is 19.1 Å². The van der Waals surface area contributed by atoms with Gasteiger partial charge in [-0.05, 0) is 29.8 Å². The van der Waals surface area contributed by atoms with Crippen LogP contribution < -0.4 is 11.2 Å². The molecular weight excluding hydrogens is 495 g/mol. The molecular formula is C25H22ClFN2O7. The van der Waals surface area contributed by atoms with Crippen molar-refractivity contribution in [1.29, 1.82) is 0 Å². The molecule has 1 saturated heterocycles. The summed E-state index contributed by atoms with van der Waals surface area (Å²) in [7, 11) is 0. The standard InChI is InChI=1S/C25H22ClFN2O7/c1-15(30)34-14-21-20(35-13-16-7-9-18(26)10-8-16)11-22(36-21)28-12-19(27)24(32)29(25(28)33)23(31)17-5-3-2-4-6-17/h2-10,12,20-22H,11,13-14H2,1H3/t20-,21+,22+/m0/s1. The largest absolute Gasteiger partial charge is 0.463 e. The maximum Gasteiger partial charge on any atom is 0.340 e. The quantitative estimate of drug-likeness (QED) is 0.444. The molecule has 2 aromatic carbocycles. The van der Waals surface area contributed by atoms with Crippen LogP contribution in [0.4, 0.5) is 4.39 Å². The summed E-state index contributed by atoms with van der Waals surface area (Å²) in [5, 5.41) is 0.567. The van der Waals surface area contributed by atoms with Crippen molar-refractivity contribution in [3.05, 3.63) is 104 Å².